The van der Waals surface area contributed by atoms with Crippen LogP contribution < -0.4 is 16.0 Å². The third kappa shape index (κ3) is 3.98. The van der Waals surface area contributed by atoms with Crippen molar-refractivity contribution in [3.05, 3.63) is 23.2 Å². The molecule has 3 rings (SSSR count). The van der Waals surface area contributed by atoms with Crippen LogP contribution >= 0.6 is 36.4 Å². The Bertz CT molecular complexity index is 562. The summed E-state index contributed by atoms with van der Waals surface area (Å²) < 4.78 is 0. The highest BCUT2D eigenvalue weighted by Gasteiger charge is 2.37. The first-order valence-electron chi connectivity index (χ1n) is 6.50. The molecule has 10 heteroatoms. The van der Waals surface area contributed by atoms with E-state index in [1.54, 1.807) is 0 Å². The SMILES string of the molecule is Cl.Cl.O=C(NC1=NCC2(CCNCC2)N1)c1nccnc1Cl. The van der Waals surface area contributed by atoms with Crippen LogP contribution in [0.15, 0.2) is 17.4 Å². The summed E-state index contributed by atoms with van der Waals surface area (Å²) in [6.45, 7) is 2.60. The van der Waals surface area contributed by atoms with Crippen molar-refractivity contribution in [3.8, 4) is 0 Å². The van der Waals surface area contributed by atoms with Crippen molar-refractivity contribution >= 4 is 48.3 Å². The van der Waals surface area contributed by atoms with E-state index in [0.29, 0.717) is 12.5 Å². The quantitative estimate of drug-likeness (QED) is 0.682. The average Bonchev–Trinajstić information content (AvgIpc) is 2.82. The average molecular weight is 368 g/mol. The minimum absolute atomic E-state index is 0. The Morgan fingerprint density at radius 2 is 1.91 bits per heavy atom. The van der Waals surface area contributed by atoms with Crippen molar-refractivity contribution in [2.45, 2.75) is 18.4 Å². The van der Waals surface area contributed by atoms with Gasteiger partial charge in [-0.3, -0.25) is 15.1 Å². The number of rotatable bonds is 1. The number of carbonyl (C=O) groups is 1. The van der Waals surface area contributed by atoms with Crippen LogP contribution in [0.5, 0.6) is 0 Å². The molecule has 1 aromatic heterocycles. The van der Waals surface area contributed by atoms with Crippen LogP contribution in [-0.4, -0.2) is 47.0 Å². The number of hydrogen-bond donors (Lipinski definition) is 3. The van der Waals surface area contributed by atoms with E-state index in [2.05, 4.69) is 30.9 Å². The van der Waals surface area contributed by atoms with Gasteiger partial charge >= 0.3 is 0 Å². The van der Waals surface area contributed by atoms with Crippen LogP contribution in [0, 0.1) is 0 Å². The summed E-state index contributed by atoms with van der Waals surface area (Å²) >= 11 is 5.84. The molecule has 2 aliphatic rings. The summed E-state index contributed by atoms with van der Waals surface area (Å²) in [7, 11) is 0. The highest BCUT2D eigenvalue weighted by molar-refractivity contribution is 6.32. The van der Waals surface area contributed by atoms with Gasteiger partial charge in [0.05, 0.1) is 12.1 Å². The van der Waals surface area contributed by atoms with E-state index in [9.17, 15) is 4.79 Å². The first-order valence-corrected chi connectivity index (χ1v) is 6.88. The molecule has 1 fully saturated rings. The van der Waals surface area contributed by atoms with Gasteiger partial charge in [-0.25, -0.2) is 9.97 Å². The van der Waals surface area contributed by atoms with Gasteiger partial charge in [-0.05, 0) is 25.9 Å². The van der Waals surface area contributed by atoms with E-state index in [1.807, 2.05) is 0 Å². The van der Waals surface area contributed by atoms with Gasteiger partial charge in [0.15, 0.2) is 16.8 Å². The summed E-state index contributed by atoms with van der Waals surface area (Å²) in [6, 6.07) is 0. The van der Waals surface area contributed by atoms with Crippen LogP contribution in [0.4, 0.5) is 0 Å². The topological polar surface area (TPSA) is 91.3 Å². The fourth-order valence-electron chi connectivity index (χ4n) is 2.46. The number of hydrogen-bond acceptors (Lipinski definition) is 6. The zero-order chi connectivity index (χ0) is 14.0. The molecule has 0 radical (unpaired) electrons. The minimum atomic E-state index is -0.402. The van der Waals surface area contributed by atoms with E-state index >= 15 is 0 Å². The number of nitrogens with one attached hydrogen (secondary N) is 3. The maximum atomic E-state index is 12.1. The third-order valence-corrected chi connectivity index (χ3v) is 3.86. The first kappa shape index (κ1) is 18.9. The zero-order valence-electron chi connectivity index (χ0n) is 11.6. The van der Waals surface area contributed by atoms with E-state index in [1.165, 1.54) is 12.4 Å². The molecular weight excluding hydrogens is 351 g/mol. The molecule has 0 bridgehead atoms. The summed E-state index contributed by atoms with van der Waals surface area (Å²) in [6.07, 6.45) is 4.84. The number of aliphatic imine (C=N–C) groups is 1. The molecular formula is C12H17Cl3N6O. The second kappa shape index (κ2) is 7.92. The summed E-state index contributed by atoms with van der Waals surface area (Å²) in [5.74, 6) is 0.0824. The van der Waals surface area contributed by atoms with E-state index in [4.69, 9.17) is 11.6 Å². The van der Waals surface area contributed by atoms with Crippen molar-refractivity contribution in [1.29, 1.82) is 0 Å². The number of piperidine rings is 1. The lowest BCUT2D eigenvalue weighted by molar-refractivity contribution is 0.0970. The molecule has 1 spiro atoms. The minimum Gasteiger partial charge on any atom is -0.349 e. The predicted octanol–water partition coefficient (Wildman–Crippen LogP) is 0.785. The monoisotopic (exact) mass is 366 g/mol. The van der Waals surface area contributed by atoms with Crippen molar-refractivity contribution in [2.24, 2.45) is 4.99 Å². The maximum Gasteiger partial charge on any atom is 0.279 e. The number of nitrogens with zero attached hydrogens (tertiary/aromatic N) is 3. The second-order valence-corrected chi connectivity index (χ2v) is 5.33. The molecule has 0 atom stereocenters. The molecule has 3 N–H and O–H groups in total. The van der Waals surface area contributed by atoms with Crippen molar-refractivity contribution < 1.29 is 4.79 Å². The number of aromatic nitrogens is 2. The zero-order valence-corrected chi connectivity index (χ0v) is 14.0. The highest BCUT2D eigenvalue weighted by atomic mass is 35.5. The second-order valence-electron chi connectivity index (χ2n) is 4.97. The van der Waals surface area contributed by atoms with Crippen molar-refractivity contribution in [1.82, 2.24) is 25.9 Å². The van der Waals surface area contributed by atoms with Crippen molar-refractivity contribution in [3.63, 3.8) is 0 Å². The summed E-state index contributed by atoms with van der Waals surface area (Å²) in [5.41, 5.74) is 0.0740. The number of guanidine groups is 1. The Morgan fingerprint density at radius 1 is 1.23 bits per heavy atom. The van der Waals surface area contributed by atoms with Gasteiger partial charge < -0.3 is 10.6 Å². The van der Waals surface area contributed by atoms with Crippen LogP contribution in [0.3, 0.4) is 0 Å². The molecule has 0 aromatic carbocycles. The van der Waals surface area contributed by atoms with Gasteiger partial charge in [0.2, 0.25) is 0 Å². The molecule has 1 amide bonds. The van der Waals surface area contributed by atoms with Gasteiger partial charge in [0, 0.05) is 12.4 Å². The Balaban J connectivity index is 0.00000121. The Morgan fingerprint density at radius 3 is 2.59 bits per heavy atom. The Hall–Kier alpha value is -1.15. The molecule has 0 aliphatic carbocycles. The normalized spacial score (nSPS) is 18.5. The molecule has 2 aliphatic heterocycles. The van der Waals surface area contributed by atoms with Crippen molar-refractivity contribution in [2.75, 3.05) is 19.6 Å². The molecule has 0 saturated carbocycles. The maximum absolute atomic E-state index is 12.1. The van der Waals surface area contributed by atoms with Crippen LogP contribution in [0.1, 0.15) is 23.3 Å². The fourth-order valence-corrected chi connectivity index (χ4v) is 2.65. The van der Waals surface area contributed by atoms with E-state index in [-0.39, 0.29) is 41.2 Å². The first-order chi connectivity index (χ1) is 9.69. The largest absolute Gasteiger partial charge is 0.349 e. The lowest BCUT2D eigenvalue weighted by Crippen LogP contribution is -2.55. The third-order valence-electron chi connectivity index (χ3n) is 3.58. The molecule has 1 saturated heterocycles. The van der Waals surface area contributed by atoms with E-state index < -0.39 is 5.91 Å². The number of amides is 1. The van der Waals surface area contributed by atoms with Gasteiger partial charge in [0.1, 0.15) is 0 Å². The molecule has 0 unspecified atom stereocenters. The fraction of sp³-hybridized carbons (Fsp3) is 0.500. The Kier molecular flexibility index (Phi) is 6.80. The molecule has 1 aromatic rings. The molecule has 22 heavy (non-hydrogen) atoms. The smallest absolute Gasteiger partial charge is 0.279 e. The number of halogens is 3. The highest BCUT2D eigenvalue weighted by Crippen LogP contribution is 2.22. The van der Waals surface area contributed by atoms with Gasteiger partial charge in [-0.2, -0.15) is 0 Å². The van der Waals surface area contributed by atoms with Crippen LogP contribution in [-0.2, 0) is 0 Å². The number of carbonyl (C=O) groups excluding carboxylic acids is 1. The summed E-state index contributed by atoms with van der Waals surface area (Å²) in [4.78, 5) is 24.2. The molecule has 122 valence electrons. The molecule has 7 nitrogen and oxygen atoms in total. The van der Waals surface area contributed by atoms with Gasteiger partial charge in [-0.15, -0.1) is 24.8 Å². The van der Waals surface area contributed by atoms with Crippen LogP contribution in [0.25, 0.3) is 0 Å². The van der Waals surface area contributed by atoms with E-state index in [0.717, 1.165) is 25.9 Å². The standard InChI is InChI=1S/C12H15ClN6O.2ClH/c13-9-8(15-5-6-16-9)10(20)18-11-17-7-12(19-11)1-3-14-4-2-12;;/h5-6,14H,1-4,7H2,(H2,17,18,19,20);2*1H. The lowest BCUT2D eigenvalue weighted by atomic mass is 9.89. The van der Waals surface area contributed by atoms with Gasteiger partial charge in [0.25, 0.3) is 5.91 Å². The predicted molar refractivity (Wildman–Crippen MR) is 89.3 cm³/mol. The lowest BCUT2D eigenvalue weighted by Gasteiger charge is -2.33. The Labute approximate surface area is 145 Å². The van der Waals surface area contributed by atoms with Gasteiger partial charge in [-0.1, -0.05) is 11.6 Å². The molecule has 3 heterocycles. The summed E-state index contributed by atoms with van der Waals surface area (Å²) in [5, 5.41) is 9.41. The van der Waals surface area contributed by atoms with Crippen LogP contribution in [0.2, 0.25) is 5.15 Å².